The predicted molar refractivity (Wildman–Crippen MR) is 96.4 cm³/mol. The van der Waals surface area contributed by atoms with E-state index >= 15 is 0 Å². The van der Waals surface area contributed by atoms with Crippen molar-refractivity contribution >= 4 is 17.6 Å². The highest BCUT2D eigenvalue weighted by Crippen LogP contribution is 2.28. The van der Waals surface area contributed by atoms with Crippen molar-refractivity contribution in [3.8, 4) is 0 Å². The summed E-state index contributed by atoms with van der Waals surface area (Å²) in [6, 6.07) is 6.14. The number of nitrogens with one attached hydrogen (secondary N) is 2. The summed E-state index contributed by atoms with van der Waals surface area (Å²) in [6.45, 7) is 2.25. The molecule has 0 bridgehead atoms. The number of carbonyl (C=O) groups is 2. The quantitative estimate of drug-likeness (QED) is 0.861. The molecule has 1 aliphatic carbocycles. The Hall–Kier alpha value is -2.31. The van der Waals surface area contributed by atoms with Crippen molar-refractivity contribution in [2.75, 3.05) is 24.5 Å². The summed E-state index contributed by atoms with van der Waals surface area (Å²) in [6.07, 6.45) is 4.89. The van der Waals surface area contributed by atoms with Crippen LogP contribution >= 0.6 is 0 Å². The average Bonchev–Trinajstić information content (AvgIpc) is 3.16. The molecule has 3 fully saturated rings. The Morgan fingerprint density at radius 3 is 2.50 bits per heavy atom. The molecule has 2 unspecified atom stereocenters. The van der Waals surface area contributed by atoms with E-state index in [0.717, 1.165) is 38.0 Å². The maximum Gasteiger partial charge on any atom is 0.315 e. The van der Waals surface area contributed by atoms with Crippen LogP contribution in [-0.4, -0.2) is 54.6 Å². The lowest BCUT2D eigenvalue weighted by Crippen LogP contribution is -2.51. The van der Waals surface area contributed by atoms with Gasteiger partial charge in [-0.1, -0.05) is 0 Å². The minimum absolute atomic E-state index is 0.0271. The van der Waals surface area contributed by atoms with E-state index < -0.39 is 6.04 Å². The lowest BCUT2D eigenvalue weighted by atomic mass is 9.92. The number of benzene rings is 1. The summed E-state index contributed by atoms with van der Waals surface area (Å²) in [5.41, 5.74) is 0.957. The molecule has 2 heterocycles. The Bertz CT molecular complexity index is 677. The molecule has 0 spiro atoms. The second-order valence-electron chi connectivity index (χ2n) is 7.48. The first-order chi connectivity index (χ1) is 12.6. The van der Waals surface area contributed by atoms with Gasteiger partial charge >= 0.3 is 6.03 Å². The minimum Gasteiger partial charge on any atom is -0.369 e. The van der Waals surface area contributed by atoms with Crippen molar-refractivity contribution in [3.63, 3.8) is 0 Å². The fraction of sp³-hybridized carbons (Fsp3) is 0.579. The number of carbonyl (C=O) groups excluding carboxylic acids is 2. The number of amides is 3. The lowest BCUT2D eigenvalue weighted by molar-refractivity contribution is -0.132. The SMILES string of the molecule is O=C(NC1CCN(c2ccc(F)cc2)C1)NC1CCN(C2CCC2)C1=O. The van der Waals surface area contributed by atoms with Gasteiger partial charge in [0.25, 0.3) is 0 Å². The van der Waals surface area contributed by atoms with Gasteiger partial charge in [0, 0.05) is 37.4 Å². The van der Waals surface area contributed by atoms with Crippen LogP contribution in [0.1, 0.15) is 32.1 Å². The number of rotatable bonds is 4. The summed E-state index contributed by atoms with van der Waals surface area (Å²) in [5, 5.41) is 5.81. The van der Waals surface area contributed by atoms with Gasteiger partial charge in [-0.15, -0.1) is 0 Å². The van der Waals surface area contributed by atoms with Crippen LogP contribution in [0.3, 0.4) is 0 Å². The maximum absolute atomic E-state index is 13.0. The van der Waals surface area contributed by atoms with Crippen molar-refractivity contribution < 1.29 is 14.0 Å². The number of halogens is 1. The molecule has 7 heteroatoms. The average molecular weight is 360 g/mol. The van der Waals surface area contributed by atoms with Gasteiger partial charge in [-0.25, -0.2) is 9.18 Å². The van der Waals surface area contributed by atoms with Crippen LogP contribution in [-0.2, 0) is 4.79 Å². The molecule has 2 N–H and O–H groups in total. The van der Waals surface area contributed by atoms with Crippen molar-refractivity contribution in [1.82, 2.24) is 15.5 Å². The molecule has 1 aromatic carbocycles. The van der Waals surface area contributed by atoms with Gasteiger partial charge in [-0.05, 0) is 56.4 Å². The summed E-state index contributed by atoms with van der Waals surface area (Å²) in [4.78, 5) is 28.8. The third kappa shape index (κ3) is 3.48. The van der Waals surface area contributed by atoms with Crippen molar-refractivity contribution in [1.29, 1.82) is 0 Å². The van der Waals surface area contributed by atoms with Crippen molar-refractivity contribution in [2.24, 2.45) is 0 Å². The molecule has 2 saturated heterocycles. The van der Waals surface area contributed by atoms with E-state index in [4.69, 9.17) is 0 Å². The number of hydrogen-bond donors (Lipinski definition) is 2. The van der Waals surface area contributed by atoms with E-state index in [1.165, 1.54) is 18.6 Å². The van der Waals surface area contributed by atoms with Crippen molar-refractivity contribution in [3.05, 3.63) is 30.1 Å². The maximum atomic E-state index is 13.0. The number of hydrogen-bond acceptors (Lipinski definition) is 3. The van der Waals surface area contributed by atoms with Crippen LogP contribution in [0.25, 0.3) is 0 Å². The zero-order valence-electron chi connectivity index (χ0n) is 14.8. The highest BCUT2D eigenvalue weighted by atomic mass is 19.1. The molecule has 6 nitrogen and oxygen atoms in total. The molecule has 0 aromatic heterocycles. The summed E-state index contributed by atoms with van der Waals surface area (Å²) < 4.78 is 13.0. The Balaban J connectivity index is 1.25. The summed E-state index contributed by atoms with van der Waals surface area (Å²) >= 11 is 0. The molecule has 3 amide bonds. The van der Waals surface area contributed by atoms with E-state index in [2.05, 4.69) is 15.5 Å². The van der Waals surface area contributed by atoms with Gasteiger partial charge in [-0.3, -0.25) is 4.79 Å². The topological polar surface area (TPSA) is 64.7 Å². The molecule has 4 rings (SSSR count). The fourth-order valence-electron chi connectivity index (χ4n) is 4.05. The molecule has 0 radical (unpaired) electrons. The summed E-state index contributed by atoms with van der Waals surface area (Å²) in [5.74, 6) is -0.191. The molecule has 3 aliphatic rings. The van der Waals surface area contributed by atoms with Gasteiger partial charge in [-0.2, -0.15) is 0 Å². The smallest absolute Gasteiger partial charge is 0.315 e. The normalized spacial score (nSPS) is 26.1. The van der Waals surface area contributed by atoms with E-state index in [9.17, 15) is 14.0 Å². The second kappa shape index (κ2) is 7.13. The zero-order valence-corrected chi connectivity index (χ0v) is 14.8. The van der Waals surface area contributed by atoms with E-state index in [1.54, 1.807) is 12.1 Å². The van der Waals surface area contributed by atoms with Gasteiger partial charge in [0.15, 0.2) is 0 Å². The molecule has 26 heavy (non-hydrogen) atoms. The molecule has 2 atom stereocenters. The first kappa shape index (κ1) is 17.1. The molecule has 2 aliphatic heterocycles. The van der Waals surface area contributed by atoms with Crippen LogP contribution < -0.4 is 15.5 Å². The first-order valence-electron chi connectivity index (χ1n) is 9.48. The number of anilines is 1. The van der Waals surface area contributed by atoms with E-state index in [-0.39, 0.29) is 23.8 Å². The van der Waals surface area contributed by atoms with Crippen LogP contribution in [0.4, 0.5) is 14.9 Å². The Morgan fingerprint density at radius 2 is 1.81 bits per heavy atom. The first-order valence-corrected chi connectivity index (χ1v) is 9.48. The molecule has 140 valence electrons. The van der Waals surface area contributed by atoms with Gasteiger partial charge < -0.3 is 20.4 Å². The molecule has 1 aromatic rings. The van der Waals surface area contributed by atoms with E-state index in [0.29, 0.717) is 19.0 Å². The van der Waals surface area contributed by atoms with Gasteiger partial charge in [0.2, 0.25) is 5.91 Å². The molecule has 1 saturated carbocycles. The third-order valence-corrected chi connectivity index (χ3v) is 5.78. The van der Waals surface area contributed by atoms with Crippen LogP contribution in [0, 0.1) is 5.82 Å². The third-order valence-electron chi connectivity index (χ3n) is 5.78. The Kier molecular flexibility index (Phi) is 4.70. The lowest BCUT2D eigenvalue weighted by Gasteiger charge is -2.34. The fourth-order valence-corrected chi connectivity index (χ4v) is 4.05. The largest absolute Gasteiger partial charge is 0.369 e. The number of likely N-dealkylation sites (tertiary alicyclic amines) is 1. The molecular weight excluding hydrogens is 335 g/mol. The number of urea groups is 1. The van der Waals surface area contributed by atoms with Gasteiger partial charge in [0.05, 0.1) is 0 Å². The second-order valence-corrected chi connectivity index (χ2v) is 7.48. The monoisotopic (exact) mass is 360 g/mol. The molecular formula is C19H25FN4O2. The zero-order chi connectivity index (χ0) is 18.1. The van der Waals surface area contributed by atoms with Crippen LogP contribution in [0.2, 0.25) is 0 Å². The van der Waals surface area contributed by atoms with E-state index in [1.807, 2.05) is 4.90 Å². The van der Waals surface area contributed by atoms with Gasteiger partial charge in [0.1, 0.15) is 11.9 Å². The number of nitrogens with zero attached hydrogens (tertiary/aromatic N) is 2. The Morgan fingerprint density at radius 1 is 1.04 bits per heavy atom. The standard InChI is InChI=1S/C19H25FN4O2/c20-13-4-6-15(7-5-13)23-10-8-14(12-23)21-19(26)22-17-9-11-24(18(17)25)16-2-1-3-16/h4-7,14,16-17H,1-3,8-12H2,(H2,21,22,26). The van der Waals surface area contributed by atoms with Crippen molar-refractivity contribution in [2.45, 2.75) is 50.2 Å². The van der Waals surface area contributed by atoms with Crippen LogP contribution in [0.15, 0.2) is 24.3 Å². The minimum atomic E-state index is -0.398. The summed E-state index contributed by atoms with van der Waals surface area (Å²) in [7, 11) is 0. The highest BCUT2D eigenvalue weighted by molar-refractivity contribution is 5.89. The highest BCUT2D eigenvalue weighted by Gasteiger charge is 2.38. The predicted octanol–water partition coefficient (Wildman–Crippen LogP) is 1.86. The van der Waals surface area contributed by atoms with Crippen LogP contribution in [0.5, 0.6) is 0 Å². The Labute approximate surface area is 152 Å².